The Labute approximate surface area is 323 Å². The largest absolute Gasteiger partial charge is 0.508 e. The van der Waals surface area contributed by atoms with Gasteiger partial charge in [0.05, 0.1) is 18.6 Å². The Kier molecular flexibility index (Phi) is 14.3. The summed E-state index contributed by atoms with van der Waals surface area (Å²) in [6.45, 7) is 18.0. The first-order chi connectivity index (χ1) is 25.2. The monoisotopic (exact) mass is 752 g/mol. The number of piperidine rings is 2. The molecule has 0 radical (unpaired) electrons. The van der Waals surface area contributed by atoms with Gasteiger partial charge >= 0.3 is 11.9 Å². The lowest BCUT2D eigenvalue weighted by Crippen LogP contribution is -2.67. The van der Waals surface area contributed by atoms with Crippen LogP contribution in [0.25, 0.3) is 0 Å². The van der Waals surface area contributed by atoms with Gasteiger partial charge in [0.2, 0.25) is 0 Å². The standard InChI is InChI=1S/C44H68N2O8/c1-40(2)28-34(29-41(3,4)45(40)53-26-23-32-18-13-15-20-36(32)47)44(39(51)52,25-17-11-9-10-12-22-38(49)50)35-30-42(5,6)46(43(7,8)31-35)54-27-24-33-19-14-16-21-37(33)48/h13-16,18-21,34-35,47-48H,9-12,17,22-31H2,1-8H3,(H,49,50)(H,51,52). The molecule has 2 aliphatic rings. The third-order valence-corrected chi connectivity index (χ3v) is 12.2. The number of para-hydroxylation sites is 2. The van der Waals surface area contributed by atoms with E-state index in [0.717, 1.165) is 36.8 Å². The molecule has 2 saturated heterocycles. The van der Waals surface area contributed by atoms with Crippen LogP contribution in [0.2, 0.25) is 0 Å². The molecule has 4 N–H and O–H groups in total. The number of aliphatic carboxylic acids is 2. The fraction of sp³-hybridized carbons (Fsp3) is 0.682. The number of carboxylic acids is 2. The van der Waals surface area contributed by atoms with Gasteiger partial charge in [0.1, 0.15) is 11.5 Å². The quantitative estimate of drug-likeness (QED) is 0.103. The molecule has 54 heavy (non-hydrogen) atoms. The number of carboxylic acid groups (broad SMARTS) is 2. The molecule has 0 saturated carbocycles. The second-order valence-corrected chi connectivity index (χ2v) is 18.5. The Morgan fingerprint density at radius 2 is 1.00 bits per heavy atom. The minimum Gasteiger partial charge on any atom is -0.508 e. The fourth-order valence-corrected chi connectivity index (χ4v) is 10.3. The first kappa shape index (κ1) is 43.5. The molecular weight excluding hydrogens is 684 g/mol. The molecule has 0 bridgehead atoms. The zero-order valence-electron chi connectivity index (χ0n) is 34.2. The van der Waals surface area contributed by atoms with E-state index in [1.165, 1.54) is 0 Å². The van der Waals surface area contributed by atoms with E-state index in [0.29, 0.717) is 64.6 Å². The van der Waals surface area contributed by atoms with Crippen LogP contribution in [0.3, 0.4) is 0 Å². The molecule has 0 spiro atoms. The second kappa shape index (κ2) is 17.7. The van der Waals surface area contributed by atoms with Gasteiger partial charge in [-0.05, 0) is 129 Å². The van der Waals surface area contributed by atoms with Gasteiger partial charge in [0, 0.05) is 41.4 Å². The predicted octanol–water partition coefficient (Wildman–Crippen LogP) is 9.17. The molecule has 0 atom stereocenters. The summed E-state index contributed by atoms with van der Waals surface area (Å²) in [5.41, 5.74) is -1.24. The molecule has 0 aromatic heterocycles. The summed E-state index contributed by atoms with van der Waals surface area (Å²) in [6.07, 6.45) is 8.37. The summed E-state index contributed by atoms with van der Waals surface area (Å²) in [4.78, 5) is 38.3. The molecule has 10 nitrogen and oxygen atoms in total. The average Bonchev–Trinajstić information content (AvgIpc) is 3.05. The fourth-order valence-electron chi connectivity index (χ4n) is 10.3. The van der Waals surface area contributed by atoms with Crippen molar-refractivity contribution in [1.82, 2.24) is 10.1 Å². The van der Waals surface area contributed by atoms with Gasteiger partial charge in [-0.3, -0.25) is 19.3 Å². The minimum absolute atomic E-state index is 0.129. The minimum atomic E-state index is -1.01. The Morgan fingerprint density at radius 1 is 0.630 bits per heavy atom. The molecule has 0 aliphatic carbocycles. The summed E-state index contributed by atoms with van der Waals surface area (Å²) < 4.78 is 0. The summed E-state index contributed by atoms with van der Waals surface area (Å²) >= 11 is 0. The zero-order chi connectivity index (χ0) is 40.0. The highest BCUT2D eigenvalue weighted by atomic mass is 16.7. The Morgan fingerprint density at radius 3 is 1.37 bits per heavy atom. The molecule has 2 heterocycles. The van der Waals surface area contributed by atoms with Crippen LogP contribution in [-0.4, -0.2) is 77.9 Å². The van der Waals surface area contributed by atoms with Gasteiger partial charge < -0.3 is 20.4 Å². The number of hydrogen-bond acceptors (Lipinski definition) is 8. The third-order valence-electron chi connectivity index (χ3n) is 12.2. The number of hydroxylamine groups is 4. The smallest absolute Gasteiger partial charge is 0.310 e. The lowest BCUT2D eigenvalue weighted by atomic mass is 9.52. The molecule has 10 heteroatoms. The third kappa shape index (κ3) is 10.4. The van der Waals surface area contributed by atoms with Crippen molar-refractivity contribution in [3.63, 3.8) is 0 Å². The van der Waals surface area contributed by atoms with E-state index < -0.39 is 39.5 Å². The Hall–Kier alpha value is -3.18. The van der Waals surface area contributed by atoms with E-state index in [4.69, 9.17) is 14.8 Å². The van der Waals surface area contributed by atoms with Crippen molar-refractivity contribution < 1.29 is 39.7 Å². The lowest BCUT2D eigenvalue weighted by Gasteiger charge is -2.61. The van der Waals surface area contributed by atoms with Gasteiger partial charge in [-0.25, -0.2) is 0 Å². The molecule has 0 amide bonds. The maximum absolute atomic E-state index is 14.2. The number of phenolic OH excluding ortho intramolecular Hbond substituents is 2. The summed E-state index contributed by atoms with van der Waals surface area (Å²) in [5, 5.41) is 45.5. The van der Waals surface area contributed by atoms with Crippen molar-refractivity contribution in [3.8, 4) is 11.5 Å². The zero-order valence-corrected chi connectivity index (χ0v) is 34.2. The first-order valence-electron chi connectivity index (χ1n) is 20.1. The van der Waals surface area contributed by atoms with Gasteiger partial charge in [-0.15, -0.1) is 0 Å². The summed E-state index contributed by atoms with van der Waals surface area (Å²) in [7, 11) is 0. The van der Waals surface area contributed by atoms with Crippen LogP contribution in [0.4, 0.5) is 0 Å². The van der Waals surface area contributed by atoms with Gasteiger partial charge in [-0.1, -0.05) is 62.1 Å². The van der Waals surface area contributed by atoms with Crippen LogP contribution in [0.1, 0.15) is 137 Å². The number of hydrogen-bond donors (Lipinski definition) is 4. The number of carbonyl (C=O) groups is 2. The number of unbranched alkanes of at least 4 members (excludes halogenated alkanes) is 4. The van der Waals surface area contributed by atoms with Crippen molar-refractivity contribution in [1.29, 1.82) is 0 Å². The molecule has 4 rings (SSSR count). The van der Waals surface area contributed by atoms with Crippen molar-refractivity contribution in [2.75, 3.05) is 13.2 Å². The van der Waals surface area contributed by atoms with Crippen molar-refractivity contribution in [2.45, 2.75) is 161 Å². The van der Waals surface area contributed by atoms with Gasteiger partial charge in [-0.2, -0.15) is 10.1 Å². The first-order valence-corrected chi connectivity index (χ1v) is 20.1. The predicted molar refractivity (Wildman–Crippen MR) is 211 cm³/mol. The molecule has 2 aromatic rings. The maximum Gasteiger partial charge on any atom is 0.310 e. The average molecular weight is 753 g/mol. The number of benzene rings is 2. The highest BCUT2D eigenvalue weighted by Crippen LogP contribution is 2.58. The summed E-state index contributed by atoms with van der Waals surface area (Å²) in [5.74, 6) is -1.26. The number of aromatic hydroxyl groups is 2. The highest BCUT2D eigenvalue weighted by molar-refractivity contribution is 5.76. The van der Waals surface area contributed by atoms with E-state index in [1.807, 2.05) is 36.4 Å². The second-order valence-electron chi connectivity index (χ2n) is 18.5. The Bertz CT molecular complexity index is 1420. The summed E-state index contributed by atoms with van der Waals surface area (Å²) in [6, 6.07) is 14.6. The number of nitrogens with zero attached hydrogens (tertiary/aromatic N) is 2. The number of phenols is 2. The lowest BCUT2D eigenvalue weighted by molar-refractivity contribution is -0.306. The van der Waals surface area contributed by atoms with E-state index >= 15 is 0 Å². The van der Waals surface area contributed by atoms with Crippen LogP contribution in [0.15, 0.2) is 48.5 Å². The van der Waals surface area contributed by atoms with E-state index in [1.54, 1.807) is 12.1 Å². The van der Waals surface area contributed by atoms with Crippen molar-refractivity contribution in [2.24, 2.45) is 17.3 Å². The van der Waals surface area contributed by atoms with Crippen LogP contribution in [-0.2, 0) is 32.1 Å². The molecular formula is C44H68N2O8. The van der Waals surface area contributed by atoms with E-state index in [9.17, 15) is 24.9 Å². The van der Waals surface area contributed by atoms with Crippen LogP contribution in [0.5, 0.6) is 11.5 Å². The van der Waals surface area contributed by atoms with E-state index in [-0.39, 0.29) is 29.8 Å². The number of rotatable bonds is 19. The molecule has 2 aliphatic heterocycles. The topological polar surface area (TPSA) is 140 Å². The van der Waals surface area contributed by atoms with Crippen molar-refractivity contribution in [3.05, 3.63) is 59.7 Å². The Balaban J connectivity index is 1.60. The normalized spacial score (nSPS) is 20.5. The van der Waals surface area contributed by atoms with Crippen molar-refractivity contribution >= 4 is 11.9 Å². The molecule has 2 aromatic carbocycles. The van der Waals surface area contributed by atoms with Crippen LogP contribution >= 0.6 is 0 Å². The molecule has 0 unspecified atom stereocenters. The van der Waals surface area contributed by atoms with Gasteiger partial charge in [0.25, 0.3) is 0 Å². The van der Waals surface area contributed by atoms with Gasteiger partial charge in [0.15, 0.2) is 0 Å². The molecule has 2 fully saturated rings. The SMILES string of the molecule is CC1(C)CC(C(CCCCCCCC(=O)O)(C(=O)O)C2CC(C)(C)N(OCCc3ccccc3O)C(C)(C)C2)CC(C)(C)N1OCCc1ccccc1O. The van der Waals surface area contributed by atoms with Crippen LogP contribution < -0.4 is 0 Å². The highest BCUT2D eigenvalue weighted by Gasteiger charge is 2.61. The molecule has 302 valence electrons. The van der Waals surface area contributed by atoms with E-state index in [2.05, 4.69) is 65.5 Å². The maximum atomic E-state index is 14.2. The van der Waals surface area contributed by atoms with Crippen LogP contribution in [0, 0.1) is 17.3 Å².